The number of hydrogen-bond donors (Lipinski definition) is 2. The summed E-state index contributed by atoms with van der Waals surface area (Å²) in [5.41, 5.74) is 5.46. The van der Waals surface area contributed by atoms with Gasteiger partial charge in [-0.2, -0.15) is 0 Å². The van der Waals surface area contributed by atoms with Gasteiger partial charge in [-0.3, -0.25) is 20.4 Å². The van der Waals surface area contributed by atoms with Crippen LogP contribution in [-0.2, 0) is 0 Å². The van der Waals surface area contributed by atoms with Gasteiger partial charge in [0.15, 0.2) is 5.79 Å². The quantitative estimate of drug-likeness (QED) is 0.620. The Bertz CT molecular complexity index is 456. The molecule has 1 fully saturated rings. The molecule has 5 nitrogen and oxygen atoms in total. The predicted molar refractivity (Wildman–Crippen MR) is 70.4 cm³/mol. The first kappa shape index (κ1) is 14.2. The first-order valence-corrected chi connectivity index (χ1v) is 6.38. The summed E-state index contributed by atoms with van der Waals surface area (Å²) < 4.78 is 14.3. The highest BCUT2D eigenvalue weighted by molar-refractivity contribution is 6.20. The number of nitrogens with zero attached hydrogens (tertiary/aromatic N) is 2. The number of pyridine rings is 1. The van der Waals surface area contributed by atoms with Crippen molar-refractivity contribution in [1.29, 1.82) is 0 Å². The maximum absolute atomic E-state index is 14.3. The first-order chi connectivity index (χ1) is 8.90. The molecule has 0 radical (unpaired) electrons. The number of nitrogens with one attached hydrogen (secondary N) is 1. The van der Waals surface area contributed by atoms with Crippen LogP contribution < -0.4 is 11.1 Å². The van der Waals surface area contributed by atoms with Crippen LogP contribution in [0, 0.1) is 0 Å². The number of likely N-dealkylation sites (N-methyl/N-ethyl adjacent to an activating group) is 1. The van der Waals surface area contributed by atoms with E-state index >= 15 is 0 Å². The second-order valence-corrected chi connectivity index (χ2v) is 5.26. The van der Waals surface area contributed by atoms with Crippen molar-refractivity contribution >= 4 is 17.5 Å². The number of rotatable bonds is 2. The third-order valence-electron chi connectivity index (χ3n) is 3.18. The van der Waals surface area contributed by atoms with Crippen LogP contribution in [0.4, 0.5) is 4.39 Å². The van der Waals surface area contributed by atoms with Gasteiger partial charge in [-0.15, -0.1) is 11.6 Å². The zero-order chi connectivity index (χ0) is 14.0. The molecule has 1 aliphatic rings. The number of aromatic nitrogens is 1. The smallest absolute Gasteiger partial charge is 0.270 e. The van der Waals surface area contributed by atoms with E-state index in [1.54, 1.807) is 30.1 Å². The van der Waals surface area contributed by atoms with Gasteiger partial charge in [0.05, 0.1) is 11.5 Å². The highest BCUT2D eigenvalue weighted by Gasteiger charge is 2.44. The molecule has 3 unspecified atom stereocenters. The molecule has 3 atom stereocenters. The van der Waals surface area contributed by atoms with Gasteiger partial charge in [0.25, 0.3) is 5.91 Å². The van der Waals surface area contributed by atoms with Gasteiger partial charge in [0.1, 0.15) is 5.69 Å². The number of halogens is 2. The van der Waals surface area contributed by atoms with Crippen LogP contribution in [0.3, 0.4) is 0 Å². The molecule has 1 aromatic heterocycles. The fraction of sp³-hybridized carbons (Fsp3) is 0.500. The fourth-order valence-corrected chi connectivity index (χ4v) is 2.32. The molecule has 104 valence electrons. The van der Waals surface area contributed by atoms with E-state index in [2.05, 4.69) is 10.3 Å². The molecule has 19 heavy (non-hydrogen) atoms. The lowest BCUT2D eigenvalue weighted by atomic mass is 9.97. The number of amides is 1. The zero-order valence-corrected chi connectivity index (χ0v) is 11.3. The molecule has 1 saturated heterocycles. The minimum absolute atomic E-state index is 0.0334. The molecule has 0 bridgehead atoms. The van der Waals surface area contributed by atoms with Gasteiger partial charge in [-0.1, -0.05) is 6.07 Å². The Kier molecular flexibility index (Phi) is 4.03. The fourth-order valence-electron chi connectivity index (χ4n) is 2.07. The van der Waals surface area contributed by atoms with Gasteiger partial charge in [-0.25, -0.2) is 4.39 Å². The summed E-state index contributed by atoms with van der Waals surface area (Å²) >= 11 is 6.06. The monoisotopic (exact) mass is 286 g/mol. The number of likely N-dealkylation sites (tertiary alicyclic amines) is 1. The van der Waals surface area contributed by atoms with Crippen LogP contribution in [0.25, 0.3) is 0 Å². The summed E-state index contributed by atoms with van der Waals surface area (Å²) in [7, 11) is 1.69. The summed E-state index contributed by atoms with van der Waals surface area (Å²) in [5, 5.41) is 2.56. The summed E-state index contributed by atoms with van der Waals surface area (Å²) in [6, 6.07) is 4.11. The average Bonchev–Trinajstić information content (AvgIpc) is 2.36. The maximum Gasteiger partial charge on any atom is 0.270 e. The van der Waals surface area contributed by atoms with Gasteiger partial charge in [0, 0.05) is 19.2 Å². The van der Waals surface area contributed by atoms with Crippen LogP contribution in [0.15, 0.2) is 24.4 Å². The molecule has 0 aromatic carbocycles. The third-order valence-corrected chi connectivity index (χ3v) is 3.69. The van der Waals surface area contributed by atoms with Crippen molar-refractivity contribution < 1.29 is 9.18 Å². The van der Waals surface area contributed by atoms with Crippen LogP contribution >= 0.6 is 11.6 Å². The maximum atomic E-state index is 14.3. The van der Waals surface area contributed by atoms with Crippen molar-refractivity contribution in [2.24, 2.45) is 5.73 Å². The molecule has 1 aromatic rings. The van der Waals surface area contributed by atoms with E-state index in [9.17, 15) is 9.18 Å². The van der Waals surface area contributed by atoms with E-state index in [4.69, 9.17) is 17.3 Å². The lowest BCUT2D eigenvalue weighted by molar-refractivity contribution is 0.0177. The molecular formula is C12H16ClFN4O. The Morgan fingerprint density at radius 3 is 3.05 bits per heavy atom. The summed E-state index contributed by atoms with van der Waals surface area (Å²) in [6.45, 7) is -0.0334. The van der Waals surface area contributed by atoms with Crippen molar-refractivity contribution in [1.82, 2.24) is 15.2 Å². The van der Waals surface area contributed by atoms with Gasteiger partial charge < -0.3 is 5.32 Å². The molecule has 1 aliphatic heterocycles. The molecule has 3 N–H and O–H groups in total. The second kappa shape index (κ2) is 5.40. The Morgan fingerprint density at radius 2 is 2.42 bits per heavy atom. The Morgan fingerprint density at radius 1 is 1.68 bits per heavy atom. The lowest BCUT2D eigenvalue weighted by Gasteiger charge is -2.42. The second-order valence-electron chi connectivity index (χ2n) is 4.75. The van der Waals surface area contributed by atoms with Crippen LogP contribution in [0.1, 0.15) is 16.9 Å². The first-order valence-electron chi connectivity index (χ1n) is 5.94. The Balaban J connectivity index is 2.08. The van der Waals surface area contributed by atoms with Gasteiger partial charge in [0.2, 0.25) is 0 Å². The summed E-state index contributed by atoms with van der Waals surface area (Å²) in [4.78, 5) is 17.5. The van der Waals surface area contributed by atoms with Crippen LogP contribution in [-0.4, -0.2) is 46.7 Å². The van der Waals surface area contributed by atoms with E-state index in [0.717, 1.165) is 0 Å². The Hall–Kier alpha value is -1.24. The van der Waals surface area contributed by atoms with Crippen molar-refractivity contribution in [2.75, 3.05) is 13.6 Å². The summed E-state index contributed by atoms with van der Waals surface area (Å²) in [5.74, 6) is -2.46. The van der Waals surface area contributed by atoms with Gasteiger partial charge in [-0.05, 0) is 19.2 Å². The van der Waals surface area contributed by atoms with E-state index in [0.29, 0.717) is 0 Å². The number of alkyl halides is 2. The topological polar surface area (TPSA) is 71.2 Å². The number of hydrogen-bond acceptors (Lipinski definition) is 4. The van der Waals surface area contributed by atoms with Crippen LogP contribution in [0.2, 0.25) is 0 Å². The zero-order valence-electron chi connectivity index (χ0n) is 10.5. The molecule has 0 saturated carbocycles. The minimum Gasteiger partial charge on any atom is -0.343 e. The van der Waals surface area contributed by atoms with E-state index in [1.165, 1.54) is 6.20 Å². The third kappa shape index (κ3) is 3.20. The lowest BCUT2D eigenvalue weighted by Crippen LogP contribution is -2.66. The van der Waals surface area contributed by atoms with E-state index in [1.807, 2.05) is 0 Å². The highest BCUT2D eigenvalue weighted by Crippen LogP contribution is 2.26. The average molecular weight is 287 g/mol. The number of carbonyl (C=O) groups excluding carboxylic acids is 1. The number of carbonyl (C=O) groups is 1. The van der Waals surface area contributed by atoms with Crippen molar-refractivity contribution in [2.45, 2.75) is 23.8 Å². The predicted octanol–water partition coefficient (Wildman–Crippen LogP) is 0.705. The number of piperidine rings is 1. The molecule has 2 heterocycles. The Labute approximate surface area is 115 Å². The largest absolute Gasteiger partial charge is 0.343 e. The van der Waals surface area contributed by atoms with Crippen LogP contribution in [0.5, 0.6) is 0 Å². The molecular weight excluding hydrogens is 271 g/mol. The van der Waals surface area contributed by atoms with Crippen molar-refractivity contribution in [3.05, 3.63) is 30.1 Å². The van der Waals surface area contributed by atoms with E-state index < -0.39 is 17.7 Å². The molecule has 0 spiro atoms. The van der Waals surface area contributed by atoms with Gasteiger partial charge >= 0.3 is 0 Å². The molecule has 0 aliphatic carbocycles. The normalized spacial score (nSPS) is 32.0. The minimum atomic E-state index is -2.01. The number of nitrogens with two attached hydrogens (primary N) is 1. The molecule has 2 rings (SSSR count). The van der Waals surface area contributed by atoms with E-state index in [-0.39, 0.29) is 24.2 Å². The standard InChI is InChI=1S/C12H16ClFN4O/c1-18-7-12(14,15)9(6-10(18)13)17-11(19)8-4-2-3-5-16-8/h2-5,9-10H,6-7,15H2,1H3,(H,17,19). The molecule has 7 heteroatoms. The van der Waals surface area contributed by atoms with Crippen molar-refractivity contribution in [3.63, 3.8) is 0 Å². The van der Waals surface area contributed by atoms with Crippen molar-refractivity contribution in [3.8, 4) is 0 Å². The molecule has 1 amide bonds. The highest BCUT2D eigenvalue weighted by atomic mass is 35.5. The SMILES string of the molecule is CN1CC(N)(F)C(NC(=O)c2ccccn2)CC1Cl. The summed E-state index contributed by atoms with van der Waals surface area (Å²) in [6.07, 6.45) is 1.74.